The van der Waals surface area contributed by atoms with Gasteiger partial charge in [-0.05, 0) is 48.2 Å². The molecule has 0 saturated carbocycles. The summed E-state index contributed by atoms with van der Waals surface area (Å²) in [6.45, 7) is 3.57. The fourth-order valence-electron chi connectivity index (χ4n) is 2.84. The second-order valence-corrected chi connectivity index (χ2v) is 5.91. The summed E-state index contributed by atoms with van der Waals surface area (Å²) in [5.74, 6) is 0.0129. The first kappa shape index (κ1) is 15.2. The Labute approximate surface area is 136 Å². The molecule has 2 aromatic carbocycles. The van der Waals surface area contributed by atoms with Gasteiger partial charge in [0.1, 0.15) is 0 Å². The number of hydrogen-bond donors (Lipinski definition) is 1. The number of carbonyl (C=O) groups excluding carboxylic acids is 1. The molecule has 1 unspecified atom stereocenters. The highest BCUT2D eigenvalue weighted by molar-refractivity contribution is 5.84. The fourth-order valence-corrected chi connectivity index (χ4v) is 2.84. The van der Waals surface area contributed by atoms with Crippen molar-refractivity contribution < 1.29 is 4.79 Å². The normalized spacial score (nSPS) is 12.1. The number of hydrogen-bond acceptors (Lipinski definition) is 2. The van der Waals surface area contributed by atoms with Crippen molar-refractivity contribution in [2.45, 2.75) is 26.3 Å². The summed E-state index contributed by atoms with van der Waals surface area (Å²) < 4.78 is 0. The number of aromatic nitrogens is 1. The predicted molar refractivity (Wildman–Crippen MR) is 94.2 cm³/mol. The number of benzene rings is 2. The van der Waals surface area contributed by atoms with E-state index in [1.807, 2.05) is 19.2 Å². The first-order chi connectivity index (χ1) is 11.1. The van der Waals surface area contributed by atoms with Crippen LogP contribution in [0.15, 0.2) is 60.8 Å². The molecule has 1 amide bonds. The van der Waals surface area contributed by atoms with Crippen LogP contribution in [0, 0.1) is 0 Å². The minimum absolute atomic E-state index is 0.0129. The zero-order chi connectivity index (χ0) is 16.2. The highest BCUT2D eigenvalue weighted by Gasteiger charge is 2.05. The van der Waals surface area contributed by atoms with Crippen LogP contribution in [-0.4, -0.2) is 16.9 Å². The van der Waals surface area contributed by atoms with Gasteiger partial charge in [0.05, 0.1) is 5.52 Å². The summed E-state index contributed by atoms with van der Waals surface area (Å²) in [5, 5.41) is 4.06. The van der Waals surface area contributed by atoms with Crippen LogP contribution in [0.5, 0.6) is 0 Å². The summed E-state index contributed by atoms with van der Waals surface area (Å²) in [5.41, 5.74) is 4.60. The molecule has 1 N–H and O–H groups in total. The van der Waals surface area contributed by atoms with Gasteiger partial charge in [0, 0.05) is 24.5 Å². The Bertz CT molecular complexity index is 824. The van der Waals surface area contributed by atoms with Crippen molar-refractivity contribution in [2.24, 2.45) is 0 Å². The molecule has 116 valence electrons. The Balaban J connectivity index is 1.79. The lowest BCUT2D eigenvalue weighted by Crippen LogP contribution is -2.31. The lowest BCUT2D eigenvalue weighted by atomic mass is 10.00. The van der Waals surface area contributed by atoms with Crippen molar-refractivity contribution in [3.05, 3.63) is 66.4 Å². The molecule has 0 radical (unpaired) electrons. The molecule has 0 aliphatic rings. The van der Waals surface area contributed by atoms with Gasteiger partial charge < -0.3 is 5.32 Å². The van der Waals surface area contributed by atoms with E-state index in [0.717, 1.165) is 17.3 Å². The van der Waals surface area contributed by atoms with Gasteiger partial charge >= 0.3 is 0 Å². The van der Waals surface area contributed by atoms with Crippen LogP contribution >= 0.6 is 0 Å². The second kappa shape index (κ2) is 6.61. The van der Waals surface area contributed by atoms with Gasteiger partial charge in [-0.2, -0.15) is 0 Å². The number of nitrogens with one attached hydrogen (secondary N) is 1. The van der Waals surface area contributed by atoms with Crippen molar-refractivity contribution in [1.82, 2.24) is 10.3 Å². The highest BCUT2D eigenvalue weighted by atomic mass is 16.1. The van der Waals surface area contributed by atoms with Crippen LogP contribution in [0.3, 0.4) is 0 Å². The minimum atomic E-state index is 0.0129. The fraction of sp³-hybridized carbons (Fsp3) is 0.200. The molecule has 23 heavy (non-hydrogen) atoms. The van der Waals surface area contributed by atoms with Gasteiger partial charge in [-0.15, -0.1) is 0 Å². The maximum absolute atomic E-state index is 11.1. The molecule has 1 atom stereocenters. The van der Waals surface area contributed by atoms with Crippen molar-refractivity contribution >= 4 is 16.8 Å². The zero-order valence-electron chi connectivity index (χ0n) is 13.4. The van der Waals surface area contributed by atoms with E-state index in [2.05, 4.69) is 58.8 Å². The summed E-state index contributed by atoms with van der Waals surface area (Å²) >= 11 is 0. The molecule has 3 rings (SSSR count). The number of fused-ring (bicyclic) bond motifs is 1. The monoisotopic (exact) mass is 304 g/mol. The molecule has 0 aliphatic carbocycles. The lowest BCUT2D eigenvalue weighted by molar-refractivity contribution is -0.119. The third-order valence-electron chi connectivity index (χ3n) is 3.88. The SMILES string of the molecule is CC(=O)NC(C)Cc1ccc(-c2ccc3ncccc3c2)cc1. The number of nitrogens with zero attached hydrogens (tertiary/aromatic N) is 1. The Morgan fingerprint density at radius 2 is 1.83 bits per heavy atom. The molecule has 3 aromatic rings. The minimum Gasteiger partial charge on any atom is -0.354 e. The second-order valence-electron chi connectivity index (χ2n) is 5.91. The van der Waals surface area contributed by atoms with Crippen molar-refractivity contribution in [2.75, 3.05) is 0 Å². The first-order valence-corrected chi connectivity index (χ1v) is 7.83. The molecular formula is C20H20N2O. The van der Waals surface area contributed by atoms with Crippen molar-refractivity contribution in [3.63, 3.8) is 0 Å². The third-order valence-corrected chi connectivity index (χ3v) is 3.88. The maximum Gasteiger partial charge on any atom is 0.217 e. The number of rotatable bonds is 4. The topological polar surface area (TPSA) is 42.0 Å². The molecule has 0 bridgehead atoms. The van der Waals surface area contributed by atoms with Crippen LogP contribution in [-0.2, 0) is 11.2 Å². The first-order valence-electron chi connectivity index (χ1n) is 7.83. The molecule has 3 heteroatoms. The molecular weight excluding hydrogens is 284 g/mol. The van der Waals surface area contributed by atoms with Gasteiger partial charge in [-0.3, -0.25) is 9.78 Å². The highest BCUT2D eigenvalue weighted by Crippen LogP contribution is 2.24. The summed E-state index contributed by atoms with van der Waals surface area (Å²) in [6, 6.07) is 19.0. The lowest BCUT2D eigenvalue weighted by Gasteiger charge is -2.12. The molecule has 0 saturated heterocycles. The van der Waals surface area contributed by atoms with E-state index >= 15 is 0 Å². The predicted octanol–water partition coefficient (Wildman–Crippen LogP) is 3.97. The van der Waals surface area contributed by atoms with Crippen LogP contribution in [0.2, 0.25) is 0 Å². The molecule has 1 heterocycles. The maximum atomic E-state index is 11.1. The van der Waals surface area contributed by atoms with Gasteiger partial charge in [0.15, 0.2) is 0 Å². The van der Waals surface area contributed by atoms with E-state index in [-0.39, 0.29) is 11.9 Å². The standard InChI is InChI=1S/C20H20N2O/c1-14(22-15(2)23)12-16-5-7-17(8-6-16)18-9-10-20-19(13-18)4-3-11-21-20/h3-11,13-14H,12H2,1-2H3,(H,22,23). The Morgan fingerprint density at radius 3 is 2.57 bits per heavy atom. The van der Waals surface area contributed by atoms with Crippen molar-refractivity contribution in [1.29, 1.82) is 0 Å². The van der Waals surface area contributed by atoms with E-state index in [1.54, 1.807) is 6.92 Å². The van der Waals surface area contributed by atoms with Gasteiger partial charge in [0.2, 0.25) is 5.91 Å². The Morgan fingerprint density at radius 1 is 1.09 bits per heavy atom. The summed E-state index contributed by atoms with van der Waals surface area (Å²) in [6.07, 6.45) is 2.65. The number of pyridine rings is 1. The van der Waals surface area contributed by atoms with Gasteiger partial charge in [0.25, 0.3) is 0 Å². The van der Waals surface area contributed by atoms with Crippen LogP contribution in [0.1, 0.15) is 19.4 Å². The average Bonchev–Trinajstić information content (AvgIpc) is 2.54. The Kier molecular flexibility index (Phi) is 4.38. The van der Waals surface area contributed by atoms with E-state index < -0.39 is 0 Å². The van der Waals surface area contributed by atoms with Crippen LogP contribution < -0.4 is 5.32 Å². The van der Waals surface area contributed by atoms with Gasteiger partial charge in [-0.1, -0.05) is 36.4 Å². The van der Waals surface area contributed by atoms with Crippen molar-refractivity contribution in [3.8, 4) is 11.1 Å². The quantitative estimate of drug-likeness (QED) is 0.792. The molecule has 1 aromatic heterocycles. The van der Waals surface area contributed by atoms with E-state index in [9.17, 15) is 4.79 Å². The smallest absolute Gasteiger partial charge is 0.217 e. The van der Waals surface area contributed by atoms with Crippen LogP contribution in [0.25, 0.3) is 22.0 Å². The summed E-state index contributed by atoms with van der Waals surface area (Å²) in [4.78, 5) is 15.4. The third kappa shape index (κ3) is 3.75. The van der Waals surface area contributed by atoms with E-state index in [0.29, 0.717) is 0 Å². The molecule has 0 spiro atoms. The number of amides is 1. The number of carbonyl (C=O) groups is 1. The Hall–Kier alpha value is -2.68. The molecule has 0 aliphatic heterocycles. The van der Waals surface area contributed by atoms with E-state index in [1.165, 1.54) is 16.7 Å². The zero-order valence-corrected chi connectivity index (χ0v) is 13.4. The summed E-state index contributed by atoms with van der Waals surface area (Å²) in [7, 11) is 0. The largest absolute Gasteiger partial charge is 0.354 e. The van der Waals surface area contributed by atoms with E-state index in [4.69, 9.17) is 0 Å². The average molecular weight is 304 g/mol. The van der Waals surface area contributed by atoms with Gasteiger partial charge in [-0.25, -0.2) is 0 Å². The van der Waals surface area contributed by atoms with Crippen LogP contribution in [0.4, 0.5) is 0 Å². The molecule has 0 fully saturated rings. The molecule has 3 nitrogen and oxygen atoms in total.